The maximum absolute atomic E-state index is 14.2. The predicted molar refractivity (Wildman–Crippen MR) is 71.1 cm³/mol. The van der Waals surface area contributed by atoms with Gasteiger partial charge < -0.3 is 15.2 Å². The number of hydrogen-bond acceptors (Lipinski definition) is 3. The highest BCUT2D eigenvalue weighted by Crippen LogP contribution is 2.39. The molecule has 18 heavy (non-hydrogen) atoms. The van der Waals surface area contributed by atoms with Gasteiger partial charge in [0.05, 0.1) is 14.2 Å². The number of benzene rings is 1. The molecule has 0 aliphatic rings. The van der Waals surface area contributed by atoms with Gasteiger partial charge in [0.25, 0.3) is 0 Å². The van der Waals surface area contributed by atoms with Gasteiger partial charge in [0.1, 0.15) is 17.2 Å². The molecule has 1 atom stereocenters. The number of halogens is 1. The quantitative estimate of drug-likeness (QED) is 0.879. The lowest BCUT2D eigenvalue weighted by Crippen LogP contribution is -2.15. The number of hydrogen-bond donors (Lipinski definition) is 1. The lowest BCUT2D eigenvalue weighted by Gasteiger charge is -2.23. The van der Waals surface area contributed by atoms with Crippen molar-refractivity contribution >= 4 is 0 Å². The third-order valence-corrected chi connectivity index (χ3v) is 3.08. The van der Waals surface area contributed by atoms with Crippen molar-refractivity contribution in [3.8, 4) is 11.5 Å². The number of nitrogens with two attached hydrogens (primary N) is 1. The molecule has 1 aromatic rings. The summed E-state index contributed by atoms with van der Waals surface area (Å²) >= 11 is 0. The number of ether oxygens (including phenoxy) is 2. The fraction of sp³-hybridized carbons (Fsp3) is 0.571. The molecule has 0 bridgehead atoms. The molecular weight excluding hydrogens is 233 g/mol. The molecule has 0 radical (unpaired) electrons. The van der Waals surface area contributed by atoms with Gasteiger partial charge in [-0.05, 0) is 37.9 Å². The minimum Gasteiger partial charge on any atom is -0.496 e. The second kappa shape index (κ2) is 5.57. The molecule has 4 heteroatoms. The number of alkyl halides is 1. The van der Waals surface area contributed by atoms with Gasteiger partial charge in [-0.25, -0.2) is 4.39 Å². The average Bonchev–Trinajstić information content (AvgIpc) is 2.34. The summed E-state index contributed by atoms with van der Waals surface area (Å²) < 4.78 is 24.8. The third-order valence-electron chi connectivity index (χ3n) is 3.08. The Morgan fingerprint density at radius 1 is 1.22 bits per heavy atom. The van der Waals surface area contributed by atoms with Crippen LogP contribution in [0.4, 0.5) is 4.39 Å². The van der Waals surface area contributed by atoms with Crippen LogP contribution in [0, 0.1) is 0 Å². The molecule has 0 aromatic heterocycles. The van der Waals surface area contributed by atoms with Gasteiger partial charge in [0.2, 0.25) is 0 Å². The standard InChI is InChI=1S/C14H22FNO2/c1-9(8-16)10-6-11(14(2,3)15)13(18-5)7-12(10)17-4/h6-7,9H,8,16H2,1-5H3. The van der Waals surface area contributed by atoms with Gasteiger partial charge in [-0.2, -0.15) is 0 Å². The van der Waals surface area contributed by atoms with Crippen molar-refractivity contribution in [2.45, 2.75) is 32.4 Å². The summed E-state index contributed by atoms with van der Waals surface area (Å²) in [4.78, 5) is 0. The summed E-state index contributed by atoms with van der Waals surface area (Å²) in [5.74, 6) is 1.28. The van der Waals surface area contributed by atoms with E-state index in [9.17, 15) is 4.39 Å². The van der Waals surface area contributed by atoms with Gasteiger partial charge in [0, 0.05) is 11.6 Å². The highest BCUT2D eigenvalue weighted by atomic mass is 19.1. The second-order valence-electron chi connectivity index (χ2n) is 4.90. The first-order valence-electron chi connectivity index (χ1n) is 6.00. The van der Waals surface area contributed by atoms with Crippen molar-refractivity contribution in [1.29, 1.82) is 0 Å². The molecule has 1 aromatic carbocycles. The second-order valence-corrected chi connectivity index (χ2v) is 4.90. The molecule has 102 valence electrons. The molecule has 1 rings (SSSR count). The molecular formula is C14H22FNO2. The first-order valence-corrected chi connectivity index (χ1v) is 6.00. The summed E-state index contributed by atoms with van der Waals surface area (Å²) in [6.45, 7) is 5.48. The Bertz CT molecular complexity index is 413. The Morgan fingerprint density at radius 2 is 1.78 bits per heavy atom. The van der Waals surface area contributed by atoms with E-state index in [0.29, 0.717) is 23.6 Å². The van der Waals surface area contributed by atoms with Crippen molar-refractivity contribution in [1.82, 2.24) is 0 Å². The van der Waals surface area contributed by atoms with Crippen LogP contribution in [0.15, 0.2) is 12.1 Å². The normalized spacial score (nSPS) is 13.3. The lowest BCUT2D eigenvalue weighted by molar-refractivity contribution is 0.213. The zero-order valence-corrected chi connectivity index (χ0v) is 11.7. The lowest BCUT2D eigenvalue weighted by atomic mass is 9.91. The van der Waals surface area contributed by atoms with E-state index >= 15 is 0 Å². The van der Waals surface area contributed by atoms with E-state index in [2.05, 4.69) is 0 Å². The molecule has 2 N–H and O–H groups in total. The molecule has 0 fully saturated rings. The fourth-order valence-electron chi connectivity index (χ4n) is 1.90. The van der Waals surface area contributed by atoms with Gasteiger partial charge in [-0.15, -0.1) is 0 Å². The first-order chi connectivity index (χ1) is 8.35. The van der Waals surface area contributed by atoms with Gasteiger partial charge >= 0.3 is 0 Å². The van der Waals surface area contributed by atoms with Crippen LogP contribution in [0.3, 0.4) is 0 Å². The van der Waals surface area contributed by atoms with E-state index in [0.717, 1.165) is 5.56 Å². The van der Waals surface area contributed by atoms with Gasteiger partial charge in [-0.1, -0.05) is 6.92 Å². The average molecular weight is 255 g/mol. The summed E-state index contributed by atoms with van der Waals surface area (Å²) in [5, 5.41) is 0. The molecule has 0 saturated carbocycles. The van der Waals surface area contributed by atoms with Crippen LogP contribution in [-0.4, -0.2) is 20.8 Å². The zero-order chi connectivity index (χ0) is 13.9. The Hall–Kier alpha value is -1.29. The third kappa shape index (κ3) is 2.93. The topological polar surface area (TPSA) is 44.5 Å². The van der Waals surface area contributed by atoms with Crippen LogP contribution in [0.25, 0.3) is 0 Å². The Kier molecular flexibility index (Phi) is 4.57. The van der Waals surface area contributed by atoms with Crippen LogP contribution in [-0.2, 0) is 5.67 Å². The first kappa shape index (κ1) is 14.8. The molecule has 0 spiro atoms. The molecule has 0 aliphatic carbocycles. The smallest absolute Gasteiger partial charge is 0.134 e. The summed E-state index contributed by atoms with van der Waals surface area (Å²) in [7, 11) is 3.11. The maximum atomic E-state index is 14.2. The van der Waals surface area contributed by atoms with E-state index in [1.54, 1.807) is 19.2 Å². The zero-order valence-electron chi connectivity index (χ0n) is 11.7. The van der Waals surface area contributed by atoms with Crippen molar-refractivity contribution in [3.63, 3.8) is 0 Å². The number of rotatable bonds is 5. The minimum atomic E-state index is -1.47. The monoisotopic (exact) mass is 255 g/mol. The Labute approximate surface area is 108 Å². The highest BCUT2D eigenvalue weighted by molar-refractivity contribution is 5.50. The van der Waals surface area contributed by atoms with Crippen molar-refractivity contribution < 1.29 is 13.9 Å². The van der Waals surface area contributed by atoms with Crippen molar-refractivity contribution in [2.24, 2.45) is 5.73 Å². The summed E-state index contributed by atoms with van der Waals surface area (Å²) in [6.07, 6.45) is 0. The van der Waals surface area contributed by atoms with E-state index < -0.39 is 5.67 Å². The van der Waals surface area contributed by atoms with E-state index in [1.807, 2.05) is 6.92 Å². The minimum absolute atomic E-state index is 0.104. The molecule has 0 heterocycles. The molecule has 1 unspecified atom stereocenters. The van der Waals surface area contributed by atoms with Crippen LogP contribution >= 0.6 is 0 Å². The van der Waals surface area contributed by atoms with E-state index in [-0.39, 0.29) is 5.92 Å². The highest BCUT2D eigenvalue weighted by Gasteiger charge is 2.26. The van der Waals surface area contributed by atoms with Crippen molar-refractivity contribution in [3.05, 3.63) is 23.3 Å². The van der Waals surface area contributed by atoms with Gasteiger partial charge in [0.15, 0.2) is 0 Å². The Balaban J connectivity index is 3.44. The van der Waals surface area contributed by atoms with E-state index in [4.69, 9.17) is 15.2 Å². The van der Waals surface area contributed by atoms with E-state index in [1.165, 1.54) is 21.0 Å². The van der Waals surface area contributed by atoms with Crippen LogP contribution in [0.5, 0.6) is 11.5 Å². The van der Waals surface area contributed by atoms with Gasteiger partial charge in [-0.3, -0.25) is 0 Å². The molecule has 0 amide bonds. The fourth-order valence-corrected chi connectivity index (χ4v) is 1.90. The van der Waals surface area contributed by atoms with Crippen molar-refractivity contribution in [2.75, 3.05) is 20.8 Å². The van der Waals surface area contributed by atoms with Crippen LogP contribution in [0.1, 0.15) is 37.8 Å². The van der Waals surface area contributed by atoms with Crippen LogP contribution < -0.4 is 15.2 Å². The maximum Gasteiger partial charge on any atom is 0.134 e. The SMILES string of the molecule is COc1cc(OC)c(C(C)(C)F)cc1C(C)CN. The largest absolute Gasteiger partial charge is 0.496 e. The van der Waals surface area contributed by atoms with Crippen LogP contribution in [0.2, 0.25) is 0 Å². The Morgan fingerprint density at radius 3 is 2.17 bits per heavy atom. The molecule has 3 nitrogen and oxygen atoms in total. The summed E-state index contributed by atoms with van der Waals surface area (Å²) in [5.41, 5.74) is 5.62. The molecule has 0 saturated heterocycles. The number of methoxy groups -OCH3 is 2. The predicted octanol–water partition coefficient (Wildman–Crippen LogP) is 2.97. The molecule has 0 aliphatic heterocycles. The summed E-state index contributed by atoms with van der Waals surface area (Å²) in [6, 6.07) is 3.51.